The highest BCUT2D eigenvalue weighted by atomic mass is 127. The number of hydrogen-bond donors (Lipinski definition) is 0. The molecule has 0 aliphatic heterocycles. The predicted molar refractivity (Wildman–Crippen MR) is 53.5 cm³/mol. The maximum Gasteiger partial charge on any atom is 0.271 e. The molecule has 6 heteroatoms. The highest BCUT2D eigenvalue weighted by Crippen LogP contribution is 2.26. The first-order valence-electron chi connectivity index (χ1n) is 2.81. The highest BCUT2D eigenvalue weighted by Gasteiger charge is 2.12. The Morgan fingerprint density at radius 1 is 1.58 bits per heavy atom. The molecule has 0 radical (unpaired) electrons. The van der Waals surface area contributed by atoms with Crippen LogP contribution in [-0.4, -0.2) is 4.92 Å². The summed E-state index contributed by atoms with van der Waals surface area (Å²) in [4.78, 5) is 9.71. The summed E-state index contributed by atoms with van der Waals surface area (Å²) in [6.45, 7) is 0. The van der Waals surface area contributed by atoms with Crippen LogP contribution in [-0.2, 0) is 0 Å². The normalized spacial score (nSPS) is 9.92. The minimum Gasteiger partial charge on any atom is -0.258 e. The molecule has 0 unspecified atom stereocenters. The van der Waals surface area contributed by atoms with Gasteiger partial charge in [-0.15, -0.1) is 0 Å². The van der Waals surface area contributed by atoms with Gasteiger partial charge in [-0.3, -0.25) is 10.1 Å². The molecule has 1 aromatic rings. The van der Waals surface area contributed by atoms with E-state index in [4.69, 9.17) is 0 Å². The molecule has 0 spiro atoms. The predicted octanol–water partition coefficient (Wildman–Crippen LogP) is 3.10. The zero-order valence-electron chi connectivity index (χ0n) is 5.55. The van der Waals surface area contributed by atoms with E-state index in [0.717, 1.165) is 6.07 Å². The van der Waals surface area contributed by atoms with Crippen LogP contribution in [0.25, 0.3) is 0 Å². The van der Waals surface area contributed by atoms with Gasteiger partial charge >= 0.3 is 0 Å². The van der Waals surface area contributed by atoms with Gasteiger partial charge in [0.05, 0.1) is 13.0 Å². The lowest BCUT2D eigenvalue weighted by Gasteiger charge is -1.97. The van der Waals surface area contributed by atoms with Crippen molar-refractivity contribution < 1.29 is 9.31 Å². The standard InChI is InChI=1S/C6H2BrFINO2/c7-4-1-3(10(11)12)2-5(9)6(4)8/h1-2H. The number of nitro benzene ring substituents is 1. The van der Waals surface area contributed by atoms with E-state index in [2.05, 4.69) is 15.9 Å². The lowest BCUT2D eigenvalue weighted by Crippen LogP contribution is -1.91. The van der Waals surface area contributed by atoms with Crippen LogP contribution in [0.15, 0.2) is 16.6 Å². The zero-order chi connectivity index (χ0) is 9.30. The van der Waals surface area contributed by atoms with Crippen molar-refractivity contribution in [3.05, 3.63) is 36.1 Å². The minimum atomic E-state index is -0.563. The van der Waals surface area contributed by atoms with E-state index in [-0.39, 0.29) is 13.7 Å². The molecule has 0 amide bonds. The second-order valence-corrected chi connectivity index (χ2v) is 4.00. The van der Waals surface area contributed by atoms with Gasteiger partial charge in [0.15, 0.2) is 5.82 Å². The summed E-state index contributed by atoms with van der Waals surface area (Å²) in [5, 5.41) is 10.3. The monoisotopic (exact) mass is 345 g/mol. The molecule has 1 aromatic carbocycles. The van der Waals surface area contributed by atoms with Crippen LogP contribution in [0.1, 0.15) is 0 Å². The number of nitrogens with zero attached hydrogens (tertiary/aromatic N) is 1. The molecular formula is C6H2BrFINO2. The van der Waals surface area contributed by atoms with Crippen LogP contribution < -0.4 is 0 Å². The van der Waals surface area contributed by atoms with Gasteiger partial charge in [-0.1, -0.05) is 0 Å². The minimum absolute atomic E-state index is 0.112. The third kappa shape index (κ3) is 1.92. The van der Waals surface area contributed by atoms with E-state index in [9.17, 15) is 14.5 Å². The quantitative estimate of drug-likeness (QED) is 0.340. The Balaban J connectivity index is 3.31. The summed E-state index contributed by atoms with van der Waals surface area (Å²) in [5.41, 5.74) is -0.118. The van der Waals surface area contributed by atoms with Gasteiger partial charge in [-0.2, -0.15) is 0 Å². The van der Waals surface area contributed by atoms with Gasteiger partial charge < -0.3 is 0 Å². The number of nitro groups is 1. The van der Waals surface area contributed by atoms with E-state index in [1.165, 1.54) is 6.07 Å². The third-order valence-corrected chi connectivity index (χ3v) is 2.54. The van der Waals surface area contributed by atoms with Gasteiger partial charge in [0.1, 0.15) is 0 Å². The lowest BCUT2D eigenvalue weighted by molar-refractivity contribution is -0.385. The SMILES string of the molecule is O=[N+]([O-])c1cc(Br)c(F)c(I)c1. The Labute approximate surface area is 89.4 Å². The summed E-state index contributed by atoms with van der Waals surface area (Å²) in [5.74, 6) is -0.471. The maximum atomic E-state index is 12.9. The van der Waals surface area contributed by atoms with Gasteiger partial charge in [-0.25, -0.2) is 4.39 Å². The van der Waals surface area contributed by atoms with Crippen molar-refractivity contribution in [1.29, 1.82) is 0 Å². The van der Waals surface area contributed by atoms with Gasteiger partial charge in [-0.05, 0) is 38.5 Å². The van der Waals surface area contributed by atoms with Crippen molar-refractivity contribution in [3.8, 4) is 0 Å². The molecule has 0 saturated heterocycles. The lowest BCUT2D eigenvalue weighted by atomic mass is 10.3. The molecule has 0 bridgehead atoms. The molecule has 0 N–H and O–H groups in total. The molecular weight excluding hydrogens is 344 g/mol. The fourth-order valence-corrected chi connectivity index (χ4v) is 2.08. The molecule has 0 aromatic heterocycles. The topological polar surface area (TPSA) is 43.1 Å². The third-order valence-electron chi connectivity index (χ3n) is 1.18. The molecule has 3 nitrogen and oxygen atoms in total. The van der Waals surface area contributed by atoms with E-state index in [1.54, 1.807) is 22.6 Å². The zero-order valence-corrected chi connectivity index (χ0v) is 9.30. The van der Waals surface area contributed by atoms with Crippen molar-refractivity contribution in [2.75, 3.05) is 0 Å². The Kier molecular flexibility index (Phi) is 2.99. The second-order valence-electron chi connectivity index (χ2n) is 1.98. The molecule has 12 heavy (non-hydrogen) atoms. The average Bonchev–Trinajstić information content (AvgIpc) is 1.99. The maximum absolute atomic E-state index is 12.9. The molecule has 1 rings (SSSR count). The van der Waals surface area contributed by atoms with Gasteiger partial charge in [0.25, 0.3) is 5.69 Å². The molecule has 0 saturated carbocycles. The fraction of sp³-hybridized carbons (Fsp3) is 0. The number of rotatable bonds is 1. The Hall–Kier alpha value is -0.240. The Morgan fingerprint density at radius 3 is 2.58 bits per heavy atom. The first-order chi connectivity index (χ1) is 5.52. The Bertz CT molecular complexity index is 321. The molecule has 0 aliphatic carbocycles. The van der Waals surface area contributed by atoms with Crippen LogP contribution in [0.2, 0.25) is 0 Å². The van der Waals surface area contributed by atoms with E-state index in [0.29, 0.717) is 0 Å². The average molecular weight is 346 g/mol. The largest absolute Gasteiger partial charge is 0.271 e. The fourth-order valence-electron chi connectivity index (χ4n) is 0.648. The first kappa shape index (κ1) is 9.85. The molecule has 64 valence electrons. The summed E-state index contributed by atoms with van der Waals surface area (Å²) in [6.07, 6.45) is 0. The number of benzene rings is 1. The summed E-state index contributed by atoms with van der Waals surface area (Å²) in [7, 11) is 0. The van der Waals surface area contributed by atoms with Crippen molar-refractivity contribution in [2.24, 2.45) is 0 Å². The highest BCUT2D eigenvalue weighted by molar-refractivity contribution is 14.1. The number of hydrogen-bond acceptors (Lipinski definition) is 2. The number of halogens is 3. The van der Waals surface area contributed by atoms with Crippen molar-refractivity contribution in [1.82, 2.24) is 0 Å². The van der Waals surface area contributed by atoms with Crippen LogP contribution in [0.5, 0.6) is 0 Å². The first-order valence-corrected chi connectivity index (χ1v) is 4.68. The molecule has 0 atom stereocenters. The summed E-state index contributed by atoms with van der Waals surface area (Å²) in [6, 6.07) is 2.32. The van der Waals surface area contributed by atoms with Crippen molar-refractivity contribution in [3.63, 3.8) is 0 Å². The molecule has 0 aliphatic rings. The van der Waals surface area contributed by atoms with E-state index in [1.807, 2.05) is 0 Å². The van der Waals surface area contributed by atoms with Crippen LogP contribution in [0, 0.1) is 19.5 Å². The van der Waals surface area contributed by atoms with Crippen LogP contribution in [0.3, 0.4) is 0 Å². The van der Waals surface area contributed by atoms with Crippen molar-refractivity contribution >= 4 is 44.2 Å². The summed E-state index contributed by atoms with van der Waals surface area (Å²) < 4.78 is 13.2. The number of non-ortho nitro benzene ring substituents is 1. The second kappa shape index (κ2) is 3.65. The Morgan fingerprint density at radius 2 is 2.17 bits per heavy atom. The molecule has 0 fully saturated rings. The van der Waals surface area contributed by atoms with Crippen LogP contribution in [0.4, 0.5) is 10.1 Å². The smallest absolute Gasteiger partial charge is 0.258 e. The van der Waals surface area contributed by atoms with Crippen molar-refractivity contribution in [2.45, 2.75) is 0 Å². The van der Waals surface area contributed by atoms with E-state index >= 15 is 0 Å². The van der Waals surface area contributed by atoms with Gasteiger partial charge in [0, 0.05) is 12.1 Å². The van der Waals surface area contributed by atoms with Crippen LogP contribution >= 0.6 is 38.5 Å². The van der Waals surface area contributed by atoms with Gasteiger partial charge in [0.2, 0.25) is 0 Å². The molecule has 0 heterocycles. The van der Waals surface area contributed by atoms with E-state index < -0.39 is 10.7 Å². The summed E-state index contributed by atoms with van der Waals surface area (Å²) >= 11 is 4.58.